The lowest BCUT2D eigenvalue weighted by Gasteiger charge is -2.14. The number of carbonyl (C=O) groups excluding carboxylic acids is 1. The summed E-state index contributed by atoms with van der Waals surface area (Å²) in [4.78, 5) is 11.8. The molecule has 1 atom stereocenters. The Morgan fingerprint density at radius 3 is 2.44 bits per heavy atom. The average molecular weight is 293 g/mol. The quantitative estimate of drug-likeness (QED) is 0.816. The van der Waals surface area contributed by atoms with Gasteiger partial charge in [0.2, 0.25) is 5.91 Å². The molecule has 0 radical (unpaired) electrons. The van der Waals surface area contributed by atoms with Gasteiger partial charge in [-0.2, -0.15) is 0 Å². The SMILES string of the molecule is CCCNC(C)C(=O)Nc1cc(Cl)c(F)c(Cl)c1. The van der Waals surface area contributed by atoms with Crippen molar-refractivity contribution < 1.29 is 9.18 Å². The van der Waals surface area contributed by atoms with E-state index < -0.39 is 5.82 Å². The van der Waals surface area contributed by atoms with Gasteiger partial charge >= 0.3 is 0 Å². The molecular formula is C12H15Cl2FN2O. The van der Waals surface area contributed by atoms with E-state index in [2.05, 4.69) is 10.6 Å². The highest BCUT2D eigenvalue weighted by molar-refractivity contribution is 6.35. The number of halogens is 3. The highest BCUT2D eigenvalue weighted by Crippen LogP contribution is 2.27. The molecule has 0 saturated heterocycles. The van der Waals surface area contributed by atoms with Crippen LogP contribution in [0.5, 0.6) is 0 Å². The van der Waals surface area contributed by atoms with E-state index in [4.69, 9.17) is 23.2 Å². The molecule has 1 unspecified atom stereocenters. The molecular weight excluding hydrogens is 278 g/mol. The molecule has 100 valence electrons. The van der Waals surface area contributed by atoms with Crippen LogP contribution in [0.4, 0.5) is 10.1 Å². The van der Waals surface area contributed by atoms with Gasteiger partial charge < -0.3 is 10.6 Å². The van der Waals surface area contributed by atoms with Gasteiger partial charge in [0.05, 0.1) is 16.1 Å². The van der Waals surface area contributed by atoms with Crippen molar-refractivity contribution in [3.63, 3.8) is 0 Å². The molecule has 0 aromatic heterocycles. The number of nitrogens with one attached hydrogen (secondary N) is 2. The predicted octanol–water partition coefficient (Wildman–Crippen LogP) is 3.46. The van der Waals surface area contributed by atoms with E-state index in [1.165, 1.54) is 12.1 Å². The van der Waals surface area contributed by atoms with Crippen LogP contribution in [0.1, 0.15) is 20.3 Å². The maximum Gasteiger partial charge on any atom is 0.241 e. The molecule has 0 heterocycles. The molecule has 6 heteroatoms. The van der Waals surface area contributed by atoms with Crippen molar-refractivity contribution in [1.29, 1.82) is 0 Å². The normalized spacial score (nSPS) is 12.3. The molecule has 3 nitrogen and oxygen atoms in total. The van der Waals surface area contributed by atoms with Crippen molar-refractivity contribution in [2.75, 3.05) is 11.9 Å². The lowest BCUT2D eigenvalue weighted by atomic mass is 10.2. The number of amides is 1. The molecule has 0 fully saturated rings. The smallest absolute Gasteiger partial charge is 0.241 e. The highest BCUT2D eigenvalue weighted by atomic mass is 35.5. The first-order valence-electron chi connectivity index (χ1n) is 5.64. The summed E-state index contributed by atoms with van der Waals surface area (Å²) in [5.41, 5.74) is 0.376. The van der Waals surface area contributed by atoms with Gasteiger partial charge in [-0.3, -0.25) is 4.79 Å². The average Bonchev–Trinajstić information content (AvgIpc) is 2.32. The third-order valence-corrected chi connectivity index (χ3v) is 2.90. The zero-order chi connectivity index (χ0) is 13.7. The minimum atomic E-state index is -0.687. The van der Waals surface area contributed by atoms with Crippen LogP contribution < -0.4 is 10.6 Å². The lowest BCUT2D eigenvalue weighted by molar-refractivity contribution is -0.117. The molecule has 1 aromatic carbocycles. The Bertz CT molecular complexity index is 417. The fourth-order valence-electron chi connectivity index (χ4n) is 1.33. The zero-order valence-corrected chi connectivity index (χ0v) is 11.7. The summed E-state index contributed by atoms with van der Waals surface area (Å²) in [5, 5.41) is 5.43. The molecule has 18 heavy (non-hydrogen) atoms. The number of hydrogen-bond acceptors (Lipinski definition) is 2. The minimum absolute atomic E-state index is 0.119. The van der Waals surface area contributed by atoms with Gasteiger partial charge in [-0.05, 0) is 32.0 Å². The van der Waals surface area contributed by atoms with E-state index in [9.17, 15) is 9.18 Å². The Hall–Kier alpha value is -0.840. The van der Waals surface area contributed by atoms with E-state index in [1.54, 1.807) is 6.92 Å². The lowest BCUT2D eigenvalue weighted by Crippen LogP contribution is -2.38. The fourth-order valence-corrected chi connectivity index (χ4v) is 1.82. The molecule has 1 rings (SSSR count). The summed E-state index contributed by atoms with van der Waals surface area (Å²) in [5.74, 6) is -0.907. The maximum absolute atomic E-state index is 13.2. The maximum atomic E-state index is 13.2. The fraction of sp³-hybridized carbons (Fsp3) is 0.417. The van der Waals surface area contributed by atoms with Crippen LogP contribution in [0.3, 0.4) is 0 Å². The molecule has 0 aliphatic rings. The van der Waals surface area contributed by atoms with Crippen LogP contribution >= 0.6 is 23.2 Å². The van der Waals surface area contributed by atoms with Gasteiger partial charge in [0.25, 0.3) is 0 Å². The van der Waals surface area contributed by atoms with E-state index in [1.807, 2.05) is 6.92 Å². The van der Waals surface area contributed by atoms with Gasteiger partial charge in [-0.25, -0.2) is 4.39 Å². The van der Waals surface area contributed by atoms with Crippen LogP contribution in [0, 0.1) is 5.82 Å². The Balaban J connectivity index is 2.70. The van der Waals surface area contributed by atoms with Crippen molar-refractivity contribution in [3.05, 3.63) is 28.0 Å². The topological polar surface area (TPSA) is 41.1 Å². The summed E-state index contributed by atoms with van der Waals surface area (Å²) in [6.07, 6.45) is 0.936. The van der Waals surface area contributed by atoms with Crippen LogP contribution in [-0.4, -0.2) is 18.5 Å². The summed E-state index contributed by atoms with van der Waals surface area (Å²) in [7, 11) is 0. The van der Waals surface area contributed by atoms with Crippen molar-refractivity contribution in [3.8, 4) is 0 Å². The van der Waals surface area contributed by atoms with Gasteiger partial charge in [-0.15, -0.1) is 0 Å². The van der Waals surface area contributed by atoms with Gasteiger partial charge in [0.15, 0.2) is 5.82 Å². The highest BCUT2D eigenvalue weighted by Gasteiger charge is 2.14. The first-order chi connectivity index (χ1) is 8.45. The monoisotopic (exact) mass is 292 g/mol. The van der Waals surface area contributed by atoms with Crippen LogP contribution in [-0.2, 0) is 4.79 Å². The minimum Gasteiger partial charge on any atom is -0.325 e. The van der Waals surface area contributed by atoms with Crippen molar-refractivity contribution in [2.45, 2.75) is 26.3 Å². The summed E-state index contributed by atoms with van der Waals surface area (Å²) in [6, 6.07) is 2.31. The molecule has 2 N–H and O–H groups in total. The predicted molar refractivity (Wildman–Crippen MR) is 72.8 cm³/mol. The van der Waals surface area contributed by atoms with Gasteiger partial charge in [0, 0.05) is 5.69 Å². The second-order valence-electron chi connectivity index (χ2n) is 3.92. The second kappa shape index (κ2) is 6.92. The Labute approximate surface area is 116 Å². The summed E-state index contributed by atoms with van der Waals surface area (Å²) < 4.78 is 13.2. The molecule has 1 aromatic rings. The standard InChI is InChI=1S/C12H15Cl2FN2O/c1-3-4-16-7(2)12(18)17-8-5-9(13)11(15)10(14)6-8/h5-7,16H,3-4H2,1-2H3,(H,17,18). The van der Waals surface area contributed by atoms with Crippen LogP contribution in [0.15, 0.2) is 12.1 Å². The Kier molecular flexibility index (Phi) is 5.85. The molecule has 0 bridgehead atoms. The van der Waals surface area contributed by atoms with Gasteiger partial charge in [-0.1, -0.05) is 30.1 Å². The number of anilines is 1. The van der Waals surface area contributed by atoms with Crippen molar-refractivity contribution in [2.24, 2.45) is 0 Å². The van der Waals surface area contributed by atoms with Crippen LogP contribution in [0.2, 0.25) is 10.0 Å². The van der Waals surface area contributed by atoms with E-state index in [0.717, 1.165) is 13.0 Å². The Morgan fingerprint density at radius 1 is 1.39 bits per heavy atom. The molecule has 1 amide bonds. The van der Waals surface area contributed by atoms with E-state index in [-0.39, 0.29) is 22.0 Å². The number of rotatable bonds is 5. The molecule has 0 aliphatic heterocycles. The number of hydrogen-bond donors (Lipinski definition) is 2. The first-order valence-corrected chi connectivity index (χ1v) is 6.40. The Morgan fingerprint density at radius 2 is 1.94 bits per heavy atom. The molecule has 0 spiro atoms. The largest absolute Gasteiger partial charge is 0.325 e. The van der Waals surface area contributed by atoms with Crippen molar-refractivity contribution in [1.82, 2.24) is 5.32 Å². The molecule has 0 aliphatic carbocycles. The third kappa shape index (κ3) is 4.12. The first kappa shape index (κ1) is 15.2. The summed E-state index contributed by atoms with van der Waals surface area (Å²) in [6.45, 7) is 4.51. The zero-order valence-electron chi connectivity index (χ0n) is 10.2. The number of benzene rings is 1. The molecule has 0 saturated carbocycles. The van der Waals surface area contributed by atoms with Crippen molar-refractivity contribution >= 4 is 34.8 Å². The van der Waals surface area contributed by atoms with E-state index in [0.29, 0.717) is 5.69 Å². The number of carbonyl (C=O) groups is 1. The summed E-state index contributed by atoms with van der Waals surface area (Å²) >= 11 is 11.3. The second-order valence-corrected chi connectivity index (χ2v) is 4.73. The van der Waals surface area contributed by atoms with Crippen LogP contribution in [0.25, 0.3) is 0 Å². The third-order valence-electron chi connectivity index (χ3n) is 2.35. The van der Waals surface area contributed by atoms with E-state index >= 15 is 0 Å². The van der Waals surface area contributed by atoms with Gasteiger partial charge in [0.1, 0.15) is 0 Å².